The second kappa shape index (κ2) is 4.60. The molecular formula is C11H22N2O. The molecule has 0 radical (unpaired) electrons. The molecule has 3 nitrogen and oxygen atoms in total. The number of hydrogen-bond acceptors (Lipinski definition) is 3. The maximum Gasteiger partial charge on any atom is 0.0645 e. The quantitative estimate of drug-likeness (QED) is 0.667. The lowest BCUT2D eigenvalue weighted by molar-refractivity contribution is -0.0793. The number of ether oxygens (including phenoxy) is 1. The van der Waals surface area contributed by atoms with Crippen LogP contribution in [0.1, 0.15) is 20.3 Å². The van der Waals surface area contributed by atoms with Gasteiger partial charge in [-0.1, -0.05) is 6.92 Å². The van der Waals surface area contributed by atoms with Gasteiger partial charge in [0.1, 0.15) is 0 Å². The maximum absolute atomic E-state index is 5.23. The molecule has 1 atom stereocenters. The number of nitrogens with zero attached hydrogens (tertiary/aromatic N) is 2. The zero-order valence-electron chi connectivity index (χ0n) is 9.41. The standard InChI is InChI=1S/C11H22N2O/c1-3-10(2)12-4-6-13(7-5-12)11-8-14-9-11/h10-11H,3-9H2,1-2H3. The van der Waals surface area contributed by atoms with Crippen molar-refractivity contribution in [2.45, 2.75) is 32.4 Å². The van der Waals surface area contributed by atoms with Gasteiger partial charge in [0.05, 0.1) is 19.3 Å². The third kappa shape index (κ3) is 2.10. The molecule has 1 unspecified atom stereocenters. The highest BCUT2D eigenvalue weighted by Gasteiger charge is 2.29. The minimum atomic E-state index is 0.731. The van der Waals surface area contributed by atoms with Gasteiger partial charge in [-0.25, -0.2) is 0 Å². The largest absolute Gasteiger partial charge is 0.378 e. The lowest BCUT2D eigenvalue weighted by Gasteiger charge is -2.44. The lowest BCUT2D eigenvalue weighted by atomic mass is 10.1. The van der Waals surface area contributed by atoms with Gasteiger partial charge in [0.15, 0.2) is 0 Å². The summed E-state index contributed by atoms with van der Waals surface area (Å²) in [4.78, 5) is 5.19. The fraction of sp³-hybridized carbons (Fsp3) is 1.00. The van der Waals surface area contributed by atoms with Crippen molar-refractivity contribution < 1.29 is 4.74 Å². The van der Waals surface area contributed by atoms with E-state index in [4.69, 9.17) is 4.74 Å². The van der Waals surface area contributed by atoms with E-state index in [0.29, 0.717) is 0 Å². The predicted octanol–water partition coefficient (Wildman–Crippen LogP) is 0.801. The van der Waals surface area contributed by atoms with Crippen molar-refractivity contribution in [3.63, 3.8) is 0 Å². The Morgan fingerprint density at radius 1 is 1.21 bits per heavy atom. The monoisotopic (exact) mass is 198 g/mol. The summed E-state index contributed by atoms with van der Waals surface area (Å²) in [6.07, 6.45) is 1.27. The molecule has 0 amide bonds. The molecule has 2 saturated heterocycles. The molecule has 0 aromatic carbocycles. The molecule has 0 aliphatic carbocycles. The second-order valence-corrected chi connectivity index (χ2v) is 4.52. The van der Waals surface area contributed by atoms with Crippen LogP contribution in [0.5, 0.6) is 0 Å². The number of piperazine rings is 1. The minimum Gasteiger partial charge on any atom is -0.378 e. The third-order valence-electron chi connectivity index (χ3n) is 3.70. The number of rotatable bonds is 3. The van der Waals surface area contributed by atoms with Crippen molar-refractivity contribution in [2.75, 3.05) is 39.4 Å². The first-order chi connectivity index (χ1) is 6.81. The van der Waals surface area contributed by atoms with Crippen LogP contribution in [-0.4, -0.2) is 61.3 Å². The Bertz CT molecular complexity index is 161. The molecule has 0 bridgehead atoms. The highest BCUT2D eigenvalue weighted by atomic mass is 16.5. The van der Waals surface area contributed by atoms with E-state index in [2.05, 4.69) is 23.6 Å². The van der Waals surface area contributed by atoms with E-state index in [1.165, 1.54) is 32.6 Å². The van der Waals surface area contributed by atoms with Crippen molar-refractivity contribution >= 4 is 0 Å². The third-order valence-corrected chi connectivity index (χ3v) is 3.70. The minimum absolute atomic E-state index is 0.731. The topological polar surface area (TPSA) is 15.7 Å². The molecule has 82 valence electrons. The van der Waals surface area contributed by atoms with Gasteiger partial charge >= 0.3 is 0 Å². The Kier molecular flexibility index (Phi) is 3.42. The van der Waals surface area contributed by atoms with E-state index in [1.807, 2.05) is 0 Å². The Balaban J connectivity index is 1.74. The molecule has 0 N–H and O–H groups in total. The summed E-state index contributed by atoms with van der Waals surface area (Å²) in [6.45, 7) is 11.5. The van der Waals surface area contributed by atoms with Crippen molar-refractivity contribution in [3.05, 3.63) is 0 Å². The summed E-state index contributed by atoms with van der Waals surface area (Å²) in [7, 11) is 0. The predicted molar refractivity (Wildman–Crippen MR) is 57.5 cm³/mol. The Labute approximate surface area is 87.0 Å². The molecule has 2 aliphatic rings. The summed E-state index contributed by atoms with van der Waals surface area (Å²) >= 11 is 0. The summed E-state index contributed by atoms with van der Waals surface area (Å²) in [5, 5.41) is 0. The average molecular weight is 198 g/mol. The summed E-state index contributed by atoms with van der Waals surface area (Å²) in [5.41, 5.74) is 0. The smallest absolute Gasteiger partial charge is 0.0645 e. The van der Waals surface area contributed by atoms with Crippen LogP contribution in [0, 0.1) is 0 Å². The maximum atomic E-state index is 5.23. The molecule has 3 heteroatoms. The van der Waals surface area contributed by atoms with Gasteiger partial charge in [-0.15, -0.1) is 0 Å². The van der Waals surface area contributed by atoms with E-state index >= 15 is 0 Å². The first-order valence-electron chi connectivity index (χ1n) is 5.87. The molecule has 0 aromatic heterocycles. The van der Waals surface area contributed by atoms with Gasteiger partial charge in [-0.3, -0.25) is 9.80 Å². The zero-order chi connectivity index (χ0) is 9.97. The highest BCUT2D eigenvalue weighted by Crippen LogP contribution is 2.15. The first kappa shape index (κ1) is 10.4. The van der Waals surface area contributed by atoms with Crippen LogP contribution >= 0.6 is 0 Å². The summed E-state index contributed by atoms with van der Waals surface area (Å²) in [5.74, 6) is 0. The average Bonchev–Trinajstić information content (AvgIpc) is 2.15. The fourth-order valence-electron chi connectivity index (χ4n) is 2.24. The normalized spacial score (nSPS) is 28.7. The summed E-state index contributed by atoms with van der Waals surface area (Å²) in [6, 6.07) is 1.49. The van der Waals surface area contributed by atoms with E-state index in [0.717, 1.165) is 25.3 Å². The van der Waals surface area contributed by atoms with E-state index < -0.39 is 0 Å². The number of hydrogen-bond donors (Lipinski definition) is 0. The van der Waals surface area contributed by atoms with Gasteiger partial charge in [-0.05, 0) is 13.3 Å². The molecule has 2 aliphatic heterocycles. The van der Waals surface area contributed by atoms with Gasteiger partial charge < -0.3 is 4.74 Å². The van der Waals surface area contributed by atoms with Crippen molar-refractivity contribution in [1.29, 1.82) is 0 Å². The Morgan fingerprint density at radius 3 is 2.29 bits per heavy atom. The molecule has 0 saturated carbocycles. The molecule has 14 heavy (non-hydrogen) atoms. The summed E-state index contributed by atoms with van der Waals surface area (Å²) < 4.78 is 5.23. The van der Waals surface area contributed by atoms with Crippen molar-refractivity contribution in [2.24, 2.45) is 0 Å². The molecule has 0 aromatic rings. The Hall–Kier alpha value is -0.120. The molecule has 2 heterocycles. The van der Waals surface area contributed by atoms with E-state index in [1.54, 1.807) is 0 Å². The lowest BCUT2D eigenvalue weighted by Crippen LogP contribution is -2.57. The fourth-order valence-corrected chi connectivity index (χ4v) is 2.24. The van der Waals surface area contributed by atoms with Crippen LogP contribution in [-0.2, 0) is 4.74 Å². The van der Waals surface area contributed by atoms with Gasteiger partial charge in [0.2, 0.25) is 0 Å². The SMILES string of the molecule is CCC(C)N1CCN(C2COC2)CC1. The molecule has 0 spiro atoms. The highest BCUT2D eigenvalue weighted by molar-refractivity contribution is 4.83. The van der Waals surface area contributed by atoms with Crippen LogP contribution in [0.4, 0.5) is 0 Å². The Morgan fingerprint density at radius 2 is 1.86 bits per heavy atom. The van der Waals surface area contributed by atoms with Crippen LogP contribution in [0.2, 0.25) is 0 Å². The van der Waals surface area contributed by atoms with Crippen molar-refractivity contribution in [1.82, 2.24) is 9.80 Å². The van der Waals surface area contributed by atoms with Gasteiger partial charge in [-0.2, -0.15) is 0 Å². The van der Waals surface area contributed by atoms with Crippen molar-refractivity contribution in [3.8, 4) is 0 Å². The van der Waals surface area contributed by atoms with Gasteiger partial charge in [0, 0.05) is 32.2 Å². The molecule has 2 rings (SSSR count). The van der Waals surface area contributed by atoms with Crippen LogP contribution in [0.25, 0.3) is 0 Å². The van der Waals surface area contributed by atoms with Crippen LogP contribution in [0.15, 0.2) is 0 Å². The van der Waals surface area contributed by atoms with Crippen LogP contribution < -0.4 is 0 Å². The zero-order valence-corrected chi connectivity index (χ0v) is 9.41. The van der Waals surface area contributed by atoms with E-state index in [-0.39, 0.29) is 0 Å². The second-order valence-electron chi connectivity index (χ2n) is 4.52. The van der Waals surface area contributed by atoms with Gasteiger partial charge in [0.25, 0.3) is 0 Å². The van der Waals surface area contributed by atoms with E-state index in [9.17, 15) is 0 Å². The first-order valence-corrected chi connectivity index (χ1v) is 5.87. The molecule has 2 fully saturated rings. The van der Waals surface area contributed by atoms with Crippen LogP contribution in [0.3, 0.4) is 0 Å². The molecular weight excluding hydrogens is 176 g/mol.